The van der Waals surface area contributed by atoms with Crippen molar-refractivity contribution in [1.29, 1.82) is 0 Å². The monoisotopic (exact) mass is 480 g/mol. The second-order valence-corrected chi connectivity index (χ2v) is 6.05. The summed E-state index contributed by atoms with van der Waals surface area (Å²) in [7, 11) is 2.82. The zero-order chi connectivity index (χ0) is 23.8. The molecule has 0 unspecified atom stereocenters. The van der Waals surface area contributed by atoms with E-state index in [1.54, 1.807) is 13.8 Å². The number of hydrogen-bond acceptors (Lipinski definition) is 12. The van der Waals surface area contributed by atoms with Crippen LogP contribution in [-0.4, -0.2) is 53.3 Å². The van der Waals surface area contributed by atoms with E-state index in [0.29, 0.717) is 13.2 Å². The van der Waals surface area contributed by atoms with Gasteiger partial charge < -0.3 is 38.3 Å². The third-order valence-corrected chi connectivity index (χ3v) is 3.91. The fourth-order valence-electron chi connectivity index (χ4n) is 2.59. The van der Waals surface area contributed by atoms with Crippen molar-refractivity contribution >= 4 is 5.97 Å². The molecular formula is C21H21N4NaO8. The fourth-order valence-corrected chi connectivity index (χ4v) is 2.59. The number of ether oxygens (including phenoxy) is 6. The van der Waals surface area contributed by atoms with E-state index in [1.807, 2.05) is 0 Å². The molecule has 0 saturated carbocycles. The average Bonchev–Trinajstić information content (AvgIpc) is 2.79. The number of nitrogens with zero attached hydrogens (tertiary/aromatic N) is 4. The minimum Gasteiger partial charge on any atom is -0.545 e. The van der Waals surface area contributed by atoms with Crippen LogP contribution in [0.3, 0.4) is 0 Å². The molecule has 0 aliphatic carbocycles. The number of carboxylic acid groups (broad SMARTS) is 1. The van der Waals surface area contributed by atoms with Gasteiger partial charge in [-0.2, -0.15) is 19.9 Å². The number of hydrogen-bond donors (Lipinski definition) is 0. The second kappa shape index (κ2) is 12.8. The number of aromatic carboxylic acids is 1. The molecular weight excluding hydrogens is 459 g/mol. The summed E-state index contributed by atoms with van der Waals surface area (Å²) in [6.45, 7) is 4.25. The maximum Gasteiger partial charge on any atom is 1.00 e. The number of rotatable bonds is 11. The van der Waals surface area contributed by atoms with Gasteiger partial charge in [0.05, 0.1) is 51.1 Å². The predicted octanol–water partition coefficient (Wildman–Crippen LogP) is -0.967. The van der Waals surface area contributed by atoms with Gasteiger partial charge in [0, 0.05) is 0 Å². The molecule has 0 radical (unpaired) electrons. The Morgan fingerprint density at radius 1 is 0.794 bits per heavy atom. The summed E-state index contributed by atoms with van der Waals surface area (Å²) in [5.74, 6) is -1.14. The minimum atomic E-state index is -1.57. The smallest absolute Gasteiger partial charge is 0.545 e. The molecule has 34 heavy (non-hydrogen) atoms. The zero-order valence-corrected chi connectivity index (χ0v) is 21.4. The van der Waals surface area contributed by atoms with E-state index in [1.165, 1.54) is 44.6 Å². The minimum absolute atomic E-state index is 0. The van der Waals surface area contributed by atoms with Crippen LogP contribution in [0.25, 0.3) is 0 Å². The maximum atomic E-state index is 12.0. The Balaban J connectivity index is 0.00000408. The number of benzene rings is 1. The largest absolute Gasteiger partial charge is 1.00 e. The molecule has 3 aromatic rings. The summed E-state index contributed by atoms with van der Waals surface area (Å²) in [6.07, 6.45) is 0. The summed E-state index contributed by atoms with van der Waals surface area (Å²) in [4.78, 5) is 28.2. The Morgan fingerprint density at radius 2 is 1.21 bits per heavy atom. The molecule has 3 rings (SSSR count). The normalized spacial score (nSPS) is 10.0. The van der Waals surface area contributed by atoms with Crippen molar-refractivity contribution in [3.63, 3.8) is 0 Å². The molecule has 0 aliphatic rings. The van der Waals surface area contributed by atoms with Gasteiger partial charge in [-0.25, -0.2) is 0 Å². The molecule has 174 valence electrons. The molecule has 0 fully saturated rings. The van der Waals surface area contributed by atoms with Crippen molar-refractivity contribution in [3.05, 3.63) is 35.9 Å². The van der Waals surface area contributed by atoms with E-state index < -0.39 is 11.5 Å². The van der Waals surface area contributed by atoms with Gasteiger partial charge in [-0.1, -0.05) is 6.07 Å². The van der Waals surface area contributed by atoms with E-state index in [2.05, 4.69) is 19.9 Å². The van der Waals surface area contributed by atoms with Crippen LogP contribution in [0.5, 0.6) is 47.0 Å². The Kier molecular flexibility index (Phi) is 10.1. The van der Waals surface area contributed by atoms with Gasteiger partial charge >= 0.3 is 41.6 Å². The van der Waals surface area contributed by atoms with Gasteiger partial charge in [-0.15, -0.1) is 0 Å². The summed E-state index contributed by atoms with van der Waals surface area (Å²) >= 11 is 0. The van der Waals surface area contributed by atoms with Crippen LogP contribution in [0.15, 0.2) is 30.3 Å². The first-order valence-corrected chi connectivity index (χ1v) is 9.79. The molecule has 0 spiro atoms. The SMILES string of the molecule is CCOc1cc(OC)nc(Oc2cccc(Oc3nc(OC)cc(OCC)n3)c2C(=O)[O-])n1.[Na+]. The summed E-state index contributed by atoms with van der Waals surface area (Å²) in [5, 5.41) is 12.0. The Morgan fingerprint density at radius 3 is 1.56 bits per heavy atom. The van der Waals surface area contributed by atoms with E-state index in [0.717, 1.165) is 0 Å². The average molecular weight is 480 g/mol. The number of carbonyl (C=O) groups excluding carboxylic acids is 1. The van der Waals surface area contributed by atoms with Crippen molar-refractivity contribution in [2.45, 2.75) is 13.8 Å². The third-order valence-electron chi connectivity index (χ3n) is 3.91. The molecule has 0 saturated heterocycles. The first kappa shape index (κ1) is 26.9. The molecule has 0 atom stereocenters. The van der Waals surface area contributed by atoms with Crippen LogP contribution in [0.1, 0.15) is 24.2 Å². The number of aromatic nitrogens is 4. The van der Waals surface area contributed by atoms with Crippen molar-refractivity contribution in [2.24, 2.45) is 0 Å². The molecule has 1 aromatic carbocycles. The molecule has 2 heterocycles. The van der Waals surface area contributed by atoms with Gasteiger partial charge in [0.15, 0.2) is 0 Å². The maximum absolute atomic E-state index is 12.0. The summed E-state index contributed by atoms with van der Waals surface area (Å²) < 4.78 is 32.2. The van der Waals surface area contributed by atoms with E-state index >= 15 is 0 Å². The standard InChI is InChI=1S/C21H22N4O8.Na/c1-5-30-16-10-14(28-3)22-20(24-16)32-12-8-7-9-13(18(12)19(26)27)33-21-23-15(29-4)11-17(25-21)31-6-2;/h7-11H,5-6H2,1-4H3,(H,26,27);/q;+1/p-1. The van der Waals surface area contributed by atoms with Gasteiger partial charge in [0.2, 0.25) is 23.5 Å². The Hall–Kier alpha value is -3.35. The fraction of sp³-hybridized carbons (Fsp3) is 0.286. The van der Waals surface area contributed by atoms with Crippen LogP contribution in [0.2, 0.25) is 0 Å². The van der Waals surface area contributed by atoms with Gasteiger partial charge in [-0.05, 0) is 26.0 Å². The first-order valence-electron chi connectivity index (χ1n) is 9.79. The number of carboxylic acids is 1. The third kappa shape index (κ3) is 6.83. The van der Waals surface area contributed by atoms with Crippen molar-refractivity contribution in [3.8, 4) is 47.0 Å². The summed E-state index contributed by atoms with van der Waals surface area (Å²) in [6, 6.07) is 6.81. The molecule has 12 nitrogen and oxygen atoms in total. The van der Waals surface area contributed by atoms with Crippen molar-refractivity contribution in [2.75, 3.05) is 27.4 Å². The summed E-state index contributed by atoms with van der Waals surface area (Å²) in [5.41, 5.74) is -0.411. The Labute approximate surface area is 217 Å². The molecule has 0 amide bonds. The van der Waals surface area contributed by atoms with E-state index in [9.17, 15) is 9.90 Å². The quantitative estimate of drug-likeness (QED) is 0.311. The molecule has 0 N–H and O–H groups in total. The molecule has 2 aromatic heterocycles. The zero-order valence-electron chi connectivity index (χ0n) is 19.4. The van der Waals surface area contributed by atoms with Gasteiger partial charge in [0.25, 0.3) is 0 Å². The van der Waals surface area contributed by atoms with Crippen LogP contribution < -0.4 is 63.1 Å². The van der Waals surface area contributed by atoms with Crippen molar-refractivity contribution in [1.82, 2.24) is 19.9 Å². The van der Waals surface area contributed by atoms with Crippen LogP contribution in [0.4, 0.5) is 0 Å². The predicted molar refractivity (Wildman–Crippen MR) is 110 cm³/mol. The number of carbonyl (C=O) groups is 1. The Bertz CT molecular complexity index is 1050. The van der Waals surface area contributed by atoms with Crippen LogP contribution in [0, 0.1) is 0 Å². The van der Waals surface area contributed by atoms with Crippen LogP contribution >= 0.6 is 0 Å². The van der Waals surface area contributed by atoms with E-state index in [4.69, 9.17) is 28.4 Å². The second-order valence-electron chi connectivity index (χ2n) is 6.05. The van der Waals surface area contributed by atoms with E-state index in [-0.39, 0.29) is 76.6 Å². The number of methoxy groups -OCH3 is 2. The van der Waals surface area contributed by atoms with Gasteiger partial charge in [0.1, 0.15) is 11.5 Å². The van der Waals surface area contributed by atoms with Gasteiger partial charge in [-0.3, -0.25) is 0 Å². The van der Waals surface area contributed by atoms with Crippen molar-refractivity contribution < 1.29 is 67.9 Å². The topological polar surface area (TPSA) is 147 Å². The van der Waals surface area contributed by atoms with Crippen LogP contribution in [-0.2, 0) is 0 Å². The molecule has 0 bridgehead atoms. The molecule has 0 aliphatic heterocycles. The first-order chi connectivity index (χ1) is 16.0. The molecule has 13 heteroatoms.